The first kappa shape index (κ1) is 23.8. The molecule has 0 radical (unpaired) electrons. The standard InChI is InChI=1S/C26H35N5O4/c1-17-3-7-20(8-4-17)27-25(32)19-11-13-30(14-12-19)26(33)24-22-16-35-23(15-31(22)29-28-24)18-5-9-21(34-2)10-6-18/h5-6,9-10,17,19-20,23H,3-4,7-8,11-16H2,1-2H3,(H,27,32)/t17?,20?,23-/m1/s1. The van der Waals surface area contributed by atoms with Gasteiger partial charge in [-0.2, -0.15) is 0 Å². The minimum Gasteiger partial charge on any atom is -0.497 e. The molecule has 3 heterocycles. The minimum absolute atomic E-state index is 0.0268. The zero-order chi connectivity index (χ0) is 24.4. The summed E-state index contributed by atoms with van der Waals surface area (Å²) >= 11 is 0. The van der Waals surface area contributed by atoms with Gasteiger partial charge in [0, 0.05) is 25.0 Å². The van der Waals surface area contributed by atoms with E-state index in [1.807, 2.05) is 24.3 Å². The van der Waals surface area contributed by atoms with Crippen LogP contribution < -0.4 is 10.1 Å². The number of hydrogen-bond acceptors (Lipinski definition) is 6. The fourth-order valence-electron chi connectivity index (χ4n) is 5.42. The predicted molar refractivity (Wildman–Crippen MR) is 129 cm³/mol. The normalized spacial score (nSPS) is 25.1. The van der Waals surface area contributed by atoms with Gasteiger partial charge in [0.15, 0.2) is 5.69 Å². The number of nitrogens with zero attached hydrogens (tertiary/aromatic N) is 4. The minimum atomic E-state index is -0.153. The fraction of sp³-hybridized carbons (Fsp3) is 0.615. The molecule has 1 N–H and O–H groups in total. The molecule has 0 unspecified atom stereocenters. The van der Waals surface area contributed by atoms with Crippen molar-refractivity contribution < 1.29 is 19.1 Å². The second-order valence-electron chi connectivity index (χ2n) is 10.2. The molecule has 9 heteroatoms. The molecular formula is C26H35N5O4. The van der Waals surface area contributed by atoms with Crippen molar-refractivity contribution in [1.82, 2.24) is 25.2 Å². The first-order valence-corrected chi connectivity index (χ1v) is 12.8. The number of piperidine rings is 1. The number of hydrogen-bond donors (Lipinski definition) is 1. The molecule has 9 nitrogen and oxygen atoms in total. The van der Waals surface area contributed by atoms with Gasteiger partial charge in [-0.1, -0.05) is 24.3 Å². The molecule has 1 aliphatic carbocycles. The van der Waals surface area contributed by atoms with E-state index in [9.17, 15) is 9.59 Å². The van der Waals surface area contributed by atoms with Crippen LogP contribution in [0.4, 0.5) is 0 Å². The average Bonchev–Trinajstić information content (AvgIpc) is 3.33. The largest absolute Gasteiger partial charge is 0.497 e. The fourth-order valence-corrected chi connectivity index (χ4v) is 5.42. The van der Waals surface area contributed by atoms with E-state index in [1.54, 1.807) is 16.7 Å². The number of likely N-dealkylation sites (tertiary alicyclic amines) is 1. The molecule has 1 saturated carbocycles. The van der Waals surface area contributed by atoms with Crippen molar-refractivity contribution in [3.05, 3.63) is 41.2 Å². The van der Waals surface area contributed by atoms with E-state index in [1.165, 1.54) is 12.8 Å². The maximum atomic E-state index is 13.2. The third-order valence-electron chi connectivity index (χ3n) is 7.80. The quantitative estimate of drug-likeness (QED) is 0.705. The van der Waals surface area contributed by atoms with E-state index >= 15 is 0 Å². The molecule has 35 heavy (non-hydrogen) atoms. The number of methoxy groups -OCH3 is 1. The molecule has 188 valence electrons. The number of carbonyl (C=O) groups is 2. The lowest BCUT2D eigenvalue weighted by atomic mass is 9.86. The van der Waals surface area contributed by atoms with Crippen LogP contribution in [-0.4, -0.2) is 57.9 Å². The third kappa shape index (κ3) is 5.19. The molecule has 2 aliphatic heterocycles. The van der Waals surface area contributed by atoms with Crippen LogP contribution in [0.2, 0.25) is 0 Å². The van der Waals surface area contributed by atoms with Crippen molar-refractivity contribution in [2.75, 3.05) is 20.2 Å². The molecule has 1 saturated heterocycles. The lowest BCUT2D eigenvalue weighted by Gasteiger charge is -2.33. The molecule has 0 spiro atoms. The number of rotatable bonds is 5. The Morgan fingerprint density at radius 3 is 2.46 bits per heavy atom. The Labute approximate surface area is 206 Å². The molecule has 0 bridgehead atoms. The summed E-state index contributed by atoms with van der Waals surface area (Å²) in [5.41, 5.74) is 2.10. The summed E-state index contributed by atoms with van der Waals surface area (Å²) in [6, 6.07) is 8.08. The number of ether oxygens (including phenoxy) is 2. The van der Waals surface area contributed by atoms with E-state index < -0.39 is 0 Å². The van der Waals surface area contributed by atoms with E-state index in [2.05, 4.69) is 22.6 Å². The van der Waals surface area contributed by atoms with Crippen LogP contribution in [0, 0.1) is 11.8 Å². The Hall–Kier alpha value is -2.94. The maximum Gasteiger partial charge on any atom is 0.276 e. The summed E-state index contributed by atoms with van der Waals surface area (Å²) in [6.45, 7) is 4.18. The van der Waals surface area contributed by atoms with Gasteiger partial charge in [-0.05, 0) is 62.1 Å². The Bertz CT molecular complexity index is 1040. The zero-order valence-electron chi connectivity index (χ0n) is 20.6. The highest BCUT2D eigenvalue weighted by atomic mass is 16.5. The van der Waals surface area contributed by atoms with Crippen molar-refractivity contribution in [2.45, 2.75) is 70.7 Å². The lowest BCUT2D eigenvalue weighted by molar-refractivity contribution is -0.127. The lowest BCUT2D eigenvalue weighted by Crippen LogP contribution is -2.46. The second kappa shape index (κ2) is 10.4. The third-order valence-corrected chi connectivity index (χ3v) is 7.80. The van der Waals surface area contributed by atoms with E-state index in [-0.39, 0.29) is 30.4 Å². The van der Waals surface area contributed by atoms with E-state index in [4.69, 9.17) is 9.47 Å². The maximum absolute atomic E-state index is 13.2. The second-order valence-corrected chi connectivity index (χ2v) is 10.2. The first-order valence-electron chi connectivity index (χ1n) is 12.8. The molecule has 1 atom stereocenters. The summed E-state index contributed by atoms with van der Waals surface area (Å²) in [5.74, 6) is 1.55. The Morgan fingerprint density at radius 1 is 1.06 bits per heavy atom. The van der Waals surface area contributed by atoms with Crippen molar-refractivity contribution in [3.8, 4) is 5.75 Å². The predicted octanol–water partition coefficient (Wildman–Crippen LogP) is 3.11. The molecule has 5 rings (SSSR count). The number of carbonyl (C=O) groups excluding carboxylic acids is 2. The number of nitrogens with one attached hydrogen (secondary N) is 1. The van der Waals surface area contributed by atoms with Gasteiger partial charge < -0.3 is 19.7 Å². The van der Waals surface area contributed by atoms with Crippen LogP contribution in [0.25, 0.3) is 0 Å². The van der Waals surface area contributed by atoms with E-state index in [0.717, 1.165) is 30.1 Å². The highest BCUT2D eigenvalue weighted by Crippen LogP contribution is 2.29. The molecule has 2 amide bonds. The van der Waals surface area contributed by atoms with Crippen molar-refractivity contribution in [1.29, 1.82) is 0 Å². The highest BCUT2D eigenvalue weighted by Gasteiger charge is 2.33. The molecule has 2 fully saturated rings. The van der Waals surface area contributed by atoms with Crippen molar-refractivity contribution >= 4 is 11.8 Å². The summed E-state index contributed by atoms with van der Waals surface area (Å²) in [7, 11) is 1.64. The van der Waals surface area contributed by atoms with Crippen LogP contribution in [0.3, 0.4) is 0 Å². The SMILES string of the molecule is COc1ccc([C@H]2Cn3nnc(C(=O)N4CCC(C(=O)NC5CCC(C)CC5)CC4)c3CO2)cc1. The van der Waals surface area contributed by atoms with Gasteiger partial charge >= 0.3 is 0 Å². The average molecular weight is 482 g/mol. The number of amides is 2. The van der Waals surface area contributed by atoms with Gasteiger partial charge in [0.2, 0.25) is 5.91 Å². The number of benzene rings is 1. The topological polar surface area (TPSA) is 98.6 Å². The van der Waals surface area contributed by atoms with Gasteiger partial charge in [-0.25, -0.2) is 4.68 Å². The number of aromatic nitrogens is 3. The summed E-state index contributed by atoms with van der Waals surface area (Å²) in [4.78, 5) is 27.8. The van der Waals surface area contributed by atoms with Gasteiger partial charge in [0.25, 0.3) is 5.91 Å². The van der Waals surface area contributed by atoms with Crippen LogP contribution in [-0.2, 0) is 22.7 Å². The molecule has 1 aromatic heterocycles. The van der Waals surface area contributed by atoms with Crippen LogP contribution in [0.15, 0.2) is 24.3 Å². The molecule has 3 aliphatic rings. The molecule has 1 aromatic carbocycles. The first-order chi connectivity index (χ1) is 17.0. The number of fused-ring (bicyclic) bond motifs is 1. The smallest absolute Gasteiger partial charge is 0.276 e. The van der Waals surface area contributed by atoms with Crippen LogP contribution >= 0.6 is 0 Å². The van der Waals surface area contributed by atoms with Crippen LogP contribution in [0.5, 0.6) is 5.75 Å². The van der Waals surface area contributed by atoms with Gasteiger partial charge in [-0.15, -0.1) is 5.10 Å². The van der Waals surface area contributed by atoms with E-state index in [0.29, 0.717) is 49.9 Å². The van der Waals surface area contributed by atoms with Crippen molar-refractivity contribution in [3.63, 3.8) is 0 Å². The van der Waals surface area contributed by atoms with Crippen LogP contribution in [0.1, 0.15) is 73.3 Å². The van der Waals surface area contributed by atoms with Crippen molar-refractivity contribution in [2.24, 2.45) is 11.8 Å². The molecular weight excluding hydrogens is 446 g/mol. The zero-order valence-corrected chi connectivity index (χ0v) is 20.6. The summed E-state index contributed by atoms with van der Waals surface area (Å²) in [5, 5.41) is 11.7. The van der Waals surface area contributed by atoms with Gasteiger partial charge in [0.1, 0.15) is 11.9 Å². The summed E-state index contributed by atoms with van der Waals surface area (Å²) < 4.78 is 13.1. The molecule has 2 aromatic rings. The Kier molecular flexibility index (Phi) is 7.04. The van der Waals surface area contributed by atoms with Gasteiger partial charge in [0.05, 0.1) is 26.0 Å². The summed E-state index contributed by atoms with van der Waals surface area (Å²) in [6.07, 6.45) is 5.73. The van der Waals surface area contributed by atoms with Gasteiger partial charge in [-0.3, -0.25) is 9.59 Å². The Balaban J connectivity index is 1.15. The monoisotopic (exact) mass is 481 g/mol. The Morgan fingerprint density at radius 2 is 1.77 bits per heavy atom. The highest BCUT2D eigenvalue weighted by molar-refractivity contribution is 5.93.